The van der Waals surface area contributed by atoms with Crippen LogP contribution in [-0.4, -0.2) is 25.4 Å². The van der Waals surface area contributed by atoms with Crippen molar-refractivity contribution in [1.82, 2.24) is 0 Å². The summed E-state index contributed by atoms with van der Waals surface area (Å²) in [6.07, 6.45) is -0.0268. The van der Waals surface area contributed by atoms with Crippen LogP contribution >= 0.6 is 0 Å². The van der Waals surface area contributed by atoms with Crippen molar-refractivity contribution in [3.8, 4) is 0 Å². The van der Waals surface area contributed by atoms with Gasteiger partial charge in [-0.1, -0.05) is 38.5 Å². The van der Waals surface area contributed by atoms with Crippen LogP contribution in [0.5, 0.6) is 0 Å². The molecule has 90 valence electrons. The Bertz CT molecular complexity index is 411. The first kappa shape index (κ1) is 13.2. The summed E-state index contributed by atoms with van der Waals surface area (Å²) in [6, 6.07) is 8.24. The third-order valence-corrected chi connectivity index (χ3v) is 4.56. The third-order valence-electron chi connectivity index (χ3n) is 2.79. The van der Waals surface area contributed by atoms with Crippen molar-refractivity contribution < 1.29 is 13.5 Å². The Kier molecular flexibility index (Phi) is 4.50. The van der Waals surface area contributed by atoms with Crippen LogP contribution in [0.4, 0.5) is 0 Å². The lowest BCUT2D eigenvalue weighted by molar-refractivity contribution is 0.135. The van der Waals surface area contributed by atoms with E-state index in [-0.39, 0.29) is 16.6 Å². The second-order valence-corrected chi connectivity index (χ2v) is 6.08. The Morgan fingerprint density at radius 3 is 2.31 bits per heavy atom. The van der Waals surface area contributed by atoms with E-state index in [1.165, 1.54) is 0 Å². The summed E-state index contributed by atoms with van der Waals surface area (Å²) in [5, 5.41) is 9.74. The molecule has 2 unspecified atom stereocenters. The van der Waals surface area contributed by atoms with E-state index in [9.17, 15) is 13.5 Å². The van der Waals surface area contributed by atoms with Gasteiger partial charge in [0, 0.05) is 0 Å². The topological polar surface area (TPSA) is 54.4 Å². The van der Waals surface area contributed by atoms with Crippen molar-refractivity contribution >= 4 is 9.84 Å². The van der Waals surface area contributed by atoms with Gasteiger partial charge in [0.2, 0.25) is 0 Å². The summed E-state index contributed by atoms with van der Waals surface area (Å²) < 4.78 is 23.8. The second-order valence-electron chi connectivity index (χ2n) is 4.05. The van der Waals surface area contributed by atoms with Gasteiger partial charge in [0.15, 0.2) is 9.84 Å². The molecule has 0 fully saturated rings. The van der Waals surface area contributed by atoms with Crippen molar-refractivity contribution in [2.24, 2.45) is 5.92 Å². The molecule has 16 heavy (non-hydrogen) atoms. The van der Waals surface area contributed by atoms with Crippen molar-refractivity contribution in [1.29, 1.82) is 0 Å². The molecule has 1 N–H and O–H groups in total. The molecule has 0 bridgehead atoms. The van der Waals surface area contributed by atoms with Gasteiger partial charge in [-0.15, -0.1) is 0 Å². The normalized spacial score (nSPS) is 15.7. The number of aliphatic hydroxyl groups is 1. The Balaban J connectivity index is 2.81. The van der Waals surface area contributed by atoms with Crippen molar-refractivity contribution in [3.63, 3.8) is 0 Å². The molecule has 0 aliphatic heterocycles. The standard InChI is InChI=1S/C12H18O3S/c1-3-10(2)12(13)9-16(14,15)11-7-5-4-6-8-11/h4-8,10,12-13H,3,9H2,1-2H3. The van der Waals surface area contributed by atoms with Crippen LogP contribution in [-0.2, 0) is 9.84 Å². The lowest BCUT2D eigenvalue weighted by Crippen LogP contribution is -2.27. The number of hydrogen-bond donors (Lipinski definition) is 1. The van der Waals surface area contributed by atoms with Gasteiger partial charge in [0.05, 0.1) is 16.8 Å². The Hall–Kier alpha value is -0.870. The number of rotatable bonds is 5. The molecular formula is C12H18O3S. The monoisotopic (exact) mass is 242 g/mol. The molecule has 1 rings (SSSR count). The van der Waals surface area contributed by atoms with E-state index in [2.05, 4.69) is 0 Å². The second kappa shape index (κ2) is 5.46. The molecule has 4 heteroatoms. The minimum absolute atomic E-state index is 0.00140. The molecule has 0 aromatic heterocycles. The minimum Gasteiger partial charge on any atom is -0.392 e. The van der Waals surface area contributed by atoms with Crippen LogP contribution in [0.25, 0.3) is 0 Å². The molecule has 0 saturated heterocycles. The highest BCUT2D eigenvalue weighted by atomic mass is 32.2. The molecule has 0 aliphatic rings. The molecule has 0 saturated carbocycles. The average Bonchev–Trinajstić information content (AvgIpc) is 2.28. The summed E-state index contributed by atoms with van der Waals surface area (Å²) >= 11 is 0. The zero-order valence-electron chi connectivity index (χ0n) is 9.63. The number of aliphatic hydroxyl groups excluding tert-OH is 1. The zero-order valence-corrected chi connectivity index (χ0v) is 10.4. The molecule has 0 spiro atoms. The van der Waals surface area contributed by atoms with E-state index in [4.69, 9.17) is 0 Å². The van der Waals surface area contributed by atoms with E-state index in [0.29, 0.717) is 0 Å². The zero-order chi connectivity index (χ0) is 12.2. The first-order valence-corrected chi connectivity index (χ1v) is 7.08. The van der Waals surface area contributed by atoms with Gasteiger partial charge in [-0.2, -0.15) is 0 Å². The summed E-state index contributed by atoms with van der Waals surface area (Å²) in [7, 11) is -3.36. The van der Waals surface area contributed by atoms with E-state index < -0.39 is 15.9 Å². The van der Waals surface area contributed by atoms with Crippen LogP contribution in [0.2, 0.25) is 0 Å². The molecule has 0 radical (unpaired) electrons. The van der Waals surface area contributed by atoms with Gasteiger partial charge in [-0.25, -0.2) is 8.42 Å². The summed E-state index contributed by atoms with van der Waals surface area (Å²) in [6.45, 7) is 3.79. The highest BCUT2D eigenvalue weighted by molar-refractivity contribution is 7.91. The number of hydrogen-bond acceptors (Lipinski definition) is 3. The predicted octanol–water partition coefficient (Wildman–Crippen LogP) is 1.87. The lowest BCUT2D eigenvalue weighted by atomic mass is 10.0. The molecule has 3 nitrogen and oxygen atoms in total. The molecule has 1 aromatic carbocycles. The highest BCUT2D eigenvalue weighted by Crippen LogP contribution is 2.15. The summed E-state index contributed by atoms with van der Waals surface area (Å²) in [4.78, 5) is 0.275. The maximum atomic E-state index is 11.9. The van der Waals surface area contributed by atoms with Crippen molar-refractivity contribution in [2.75, 3.05) is 5.75 Å². The third kappa shape index (κ3) is 3.32. The van der Waals surface area contributed by atoms with Crippen molar-refractivity contribution in [3.05, 3.63) is 30.3 Å². The number of sulfone groups is 1. The molecule has 1 aromatic rings. The van der Waals surface area contributed by atoms with E-state index >= 15 is 0 Å². The first-order valence-electron chi connectivity index (χ1n) is 5.43. The molecule has 0 amide bonds. The molecule has 0 aliphatic carbocycles. The Morgan fingerprint density at radius 2 is 1.81 bits per heavy atom. The van der Waals surface area contributed by atoms with E-state index in [1.54, 1.807) is 30.3 Å². The SMILES string of the molecule is CCC(C)C(O)CS(=O)(=O)c1ccccc1. The maximum Gasteiger partial charge on any atom is 0.180 e. The van der Waals surface area contributed by atoms with Gasteiger partial charge in [0.25, 0.3) is 0 Å². The van der Waals surface area contributed by atoms with Gasteiger partial charge in [-0.05, 0) is 18.1 Å². The van der Waals surface area contributed by atoms with Gasteiger partial charge >= 0.3 is 0 Å². The summed E-state index contributed by atoms with van der Waals surface area (Å²) in [5.74, 6) is -0.204. The van der Waals surface area contributed by atoms with Crippen molar-refractivity contribution in [2.45, 2.75) is 31.3 Å². The molecule has 2 atom stereocenters. The minimum atomic E-state index is -3.36. The fourth-order valence-corrected chi connectivity index (χ4v) is 2.93. The average molecular weight is 242 g/mol. The largest absolute Gasteiger partial charge is 0.392 e. The molecular weight excluding hydrogens is 224 g/mol. The van der Waals surface area contributed by atoms with Gasteiger partial charge in [-0.3, -0.25) is 0 Å². The van der Waals surface area contributed by atoms with Crippen LogP contribution in [0.15, 0.2) is 35.2 Å². The van der Waals surface area contributed by atoms with Gasteiger partial charge in [0.1, 0.15) is 0 Å². The maximum absolute atomic E-state index is 11.9. The van der Waals surface area contributed by atoms with Crippen LogP contribution < -0.4 is 0 Å². The summed E-state index contributed by atoms with van der Waals surface area (Å²) in [5.41, 5.74) is 0. The Labute approximate surface area is 97.0 Å². The Morgan fingerprint density at radius 1 is 1.25 bits per heavy atom. The highest BCUT2D eigenvalue weighted by Gasteiger charge is 2.22. The van der Waals surface area contributed by atoms with E-state index in [0.717, 1.165) is 6.42 Å². The van der Waals surface area contributed by atoms with Gasteiger partial charge < -0.3 is 5.11 Å². The fraction of sp³-hybridized carbons (Fsp3) is 0.500. The fourth-order valence-electron chi connectivity index (χ4n) is 1.39. The van der Waals surface area contributed by atoms with Crippen LogP contribution in [0, 0.1) is 5.92 Å². The molecule has 0 heterocycles. The quantitative estimate of drug-likeness (QED) is 0.857. The smallest absolute Gasteiger partial charge is 0.180 e. The van der Waals surface area contributed by atoms with E-state index in [1.807, 2.05) is 13.8 Å². The first-order chi connectivity index (χ1) is 7.47. The predicted molar refractivity (Wildman–Crippen MR) is 64.0 cm³/mol. The van der Waals surface area contributed by atoms with Crippen LogP contribution in [0.3, 0.4) is 0 Å². The lowest BCUT2D eigenvalue weighted by Gasteiger charge is -2.16. The van der Waals surface area contributed by atoms with Crippen LogP contribution in [0.1, 0.15) is 20.3 Å². The number of benzene rings is 1.